The second-order valence-electron chi connectivity index (χ2n) is 3.98. The third-order valence-corrected chi connectivity index (χ3v) is 4.18. The van der Waals surface area contributed by atoms with Gasteiger partial charge in [-0.25, -0.2) is 0 Å². The van der Waals surface area contributed by atoms with Gasteiger partial charge in [0.25, 0.3) is 0 Å². The maximum Gasteiger partial charge on any atom is 0.0931 e. The zero-order valence-corrected chi connectivity index (χ0v) is 10.2. The Morgan fingerprint density at radius 1 is 1.47 bits per heavy atom. The highest BCUT2D eigenvalue weighted by Gasteiger charge is 2.24. The van der Waals surface area contributed by atoms with Gasteiger partial charge in [-0.2, -0.15) is 0 Å². The summed E-state index contributed by atoms with van der Waals surface area (Å²) >= 11 is 7.54. The van der Waals surface area contributed by atoms with Crippen molar-refractivity contribution in [2.75, 3.05) is 13.2 Å². The molecule has 1 aliphatic carbocycles. The first-order valence-corrected chi connectivity index (χ1v) is 6.58. The molecule has 1 N–H and O–H groups in total. The molecule has 0 bridgehead atoms. The highest BCUT2D eigenvalue weighted by atomic mass is 35.5. The number of aliphatic hydroxyl groups is 1. The number of hydrogen-bond donors (Lipinski definition) is 1. The minimum Gasteiger partial charge on any atom is -0.395 e. The molecule has 0 aliphatic heterocycles. The first-order valence-electron chi connectivity index (χ1n) is 5.38. The van der Waals surface area contributed by atoms with Crippen LogP contribution in [0.25, 0.3) is 0 Å². The topological polar surface area (TPSA) is 23.5 Å². The van der Waals surface area contributed by atoms with Crippen LogP contribution in [0, 0.1) is 0 Å². The average molecular weight is 246 g/mol. The highest BCUT2D eigenvalue weighted by molar-refractivity contribution is 7.16. The van der Waals surface area contributed by atoms with E-state index in [0.29, 0.717) is 6.04 Å². The number of aliphatic hydroxyl groups excluding tert-OH is 1. The van der Waals surface area contributed by atoms with Gasteiger partial charge in [-0.05, 0) is 25.0 Å². The van der Waals surface area contributed by atoms with Gasteiger partial charge in [-0.15, -0.1) is 11.3 Å². The molecule has 1 saturated carbocycles. The average Bonchev–Trinajstić information content (AvgIpc) is 2.48. The Morgan fingerprint density at radius 3 is 2.73 bits per heavy atom. The summed E-state index contributed by atoms with van der Waals surface area (Å²) in [7, 11) is 0. The molecule has 1 aliphatic rings. The molecule has 2 nitrogen and oxygen atoms in total. The van der Waals surface area contributed by atoms with E-state index >= 15 is 0 Å². The summed E-state index contributed by atoms with van der Waals surface area (Å²) in [4.78, 5) is 3.66. The molecular weight excluding hydrogens is 230 g/mol. The molecule has 0 radical (unpaired) electrons. The van der Waals surface area contributed by atoms with Gasteiger partial charge in [-0.1, -0.05) is 18.0 Å². The Morgan fingerprint density at radius 2 is 2.27 bits per heavy atom. The van der Waals surface area contributed by atoms with Crippen LogP contribution in [-0.4, -0.2) is 29.2 Å². The minimum atomic E-state index is 0.246. The van der Waals surface area contributed by atoms with Crippen LogP contribution >= 0.6 is 22.9 Å². The van der Waals surface area contributed by atoms with E-state index in [-0.39, 0.29) is 6.61 Å². The van der Waals surface area contributed by atoms with Crippen LogP contribution in [0.3, 0.4) is 0 Å². The van der Waals surface area contributed by atoms with Crippen LogP contribution in [0.4, 0.5) is 0 Å². The summed E-state index contributed by atoms with van der Waals surface area (Å²) in [6, 6.07) is 4.70. The molecule has 1 fully saturated rings. The van der Waals surface area contributed by atoms with Crippen LogP contribution < -0.4 is 0 Å². The number of hydrogen-bond acceptors (Lipinski definition) is 3. The summed E-state index contributed by atoms with van der Waals surface area (Å²) in [5.74, 6) is 0. The van der Waals surface area contributed by atoms with Crippen molar-refractivity contribution in [3.8, 4) is 0 Å². The van der Waals surface area contributed by atoms with Crippen LogP contribution in [0.15, 0.2) is 12.1 Å². The zero-order valence-electron chi connectivity index (χ0n) is 8.66. The van der Waals surface area contributed by atoms with Crippen molar-refractivity contribution in [1.82, 2.24) is 4.90 Å². The van der Waals surface area contributed by atoms with E-state index in [2.05, 4.69) is 11.0 Å². The summed E-state index contributed by atoms with van der Waals surface area (Å²) in [5.41, 5.74) is 0. The fourth-order valence-corrected chi connectivity index (χ4v) is 3.02. The smallest absolute Gasteiger partial charge is 0.0931 e. The lowest BCUT2D eigenvalue weighted by Gasteiger charge is -2.36. The first-order chi connectivity index (χ1) is 7.29. The van der Waals surface area contributed by atoms with Crippen LogP contribution in [-0.2, 0) is 6.54 Å². The summed E-state index contributed by atoms with van der Waals surface area (Å²) < 4.78 is 0.850. The minimum absolute atomic E-state index is 0.246. The van der Waals surface area contributed by atoms with E-state index in [1.165, 1.54) is 24.1 Å². The first kappa shape index (κ1) is 11.4. The molecule has 0 spiro atoms. The van der Waals surface area contributed by atoms with Gasteiger partial charge in [0, 0.05) is 24.0 Å². The fourth-order valence-electron chi connectivity index (χ4n) is 1.91. The molecule has 1 aromatic heterocycles. The van der Waals surface area contributed by atoms with Gasteiger partial charge in [0.1, 0.15) is 0 Å². The Kier molecular flexibility index (Phi) is 4.03. The molecule has 0 atom stereocenters. The molecule has 2 rings (SSSR count). The lowest BCUT2D eigenvalue weighted by atomic mass is 9.91. The van der Waals surface area contributed by atoms with Gasteiger partial charge < -0.3 is 5.11 Å². The molecule has 4 heteroatoms. The van der Waals surface area contributed by atoms with E-state index in [4.69, 9.17) is 16.7 Å². The number of rotatable bonds is 5. The van der Waals surface area contributed by atoms with Gasteiger partial charge in [0.05, 0.1) is 10.9 Å². The van der Waals surface area contributed by atoms with Gasteiger partial charge in [-0.3, -0.25) is 4.90 Å². The standard InChI is InChI=1S/C11H16ClNOS/c12-11-5-4-10(15-11)8-13(6-7-14)9-2-1-3-9/h4-5,9,14H,1-3,6-8H2. The van der Waals surface area contributed by atoms with E-state index in [9.17, 15) is 0 Å². The monoisotopic (exact) mass is 245 g/mol. The summed E-state index contributed by atoms with van der Waals surface area (Å²) in [6.07, 6.45) is 3.88. The molecule has 0 unspecified atom stereocenters. The highest BCUT2D eigenvalue weighted by Crippen LogP contribution is 2.28. The number of halogens is 1. The molecule has 15 heavy (non-hydrogen) atoms. The fraction of sp³-hybridized carbons (Fsp3) is 0.636. The Bertz CT molecular complexity index is 311. The Labute approximate surface area is 99.5 Å². The van der Waals surface area contributed by atoms with Crippen molar-refractivity contribution in [3.05, 3.63) is 21.3 Å². The molecule has 84 valence electrons. The van der Waals surface area contributed by atoms with Crippen molar-refractivity contribution >= 4 is 22.9 Å². The van der Waals surface area contributed by atoms with Crippen LogP contribution in [0.5, 0.6) is 0 Å². The number of nitrogens with zero attached hydrogens (tertiary/aromatic N) is 1. The predicted octanol–water partition coefficient (Wildman–Crippen LogP) is 2.75. The lowest BCUT2D eigenvalue weighted by Crippen LogP contribution is -2.41. The molecule has 0 amide bonds. The van der Waals surface area contributed by atoms with Gasteiger partial charge in [0.15, 0.2) is 0 Å². The third kappa shape index (κ3) is 2.94. The zero-order chi connectivity index (χ0) is 10.7. The molecule has 0 saturated heterocycles. The van der Waals surface area contributed by atoms with Gasteiger partial charge in [0.2, 0.25) is 0 Å². The maximum atomic E-state index is 9.02. The van der Waals surface area contributed by atoms with Crippen molar-refractivity contribution in [2.24, 2.45) is 0 Å². The molecule has 1 aromatic rings. The van der Waals surface area contributed by atoms with Crippen molar-refractivity contribution < 1.29 is 5.11 Å². The Balaban J connectivity index is 1.93. The normalized spacial score (nSPS) is 17.0. The maximum absolute atomic E-state index is 9.02. The SMILES string of the molecule is OCCN(Cc1ccc(Cl)s1)C1CCC1. The second kappa shape index (κ2) is 5.30. The molecule has 0 aromatic carbocycles. The summed E-state index contributed by atoms with van der Waals surface area (Å²) in [6.45, 7) is 1.96. The van der Waals surface area contributed by atoms with Crippen molar-refractivity contribution in [1.29, 1.82) is 0 Å². The largest absolute Gasteiger partial charge is 0.395 e. The third-order valence-electron chi connectivity index (χ3n) is 2.97. The van der Waals surface area contributed by atoms with Crippen LogP contribution in [0.2, 0.25) is 4.34 Å². The van der Waals surface area contributed by atoms with Crippen molar-refractivity contribution in [2.45, 2.75) is 31.8 Å². The Hall–Kier alpha value is -0.0900. The predicted molar refractivity (Wildman–Crippen MR) is 64.5 cm³/mol. The second-order valence-corrected chi connectivity index (χ2v) is 5.78. The van der Waals surface area contributed by atoms with E-state index in [1.807, 2.05) is 6.07 Å². The van der Waals surface area contributed by atoms with E-state index < -0.39 is 0 Å². The molecule has 1 heterocycles. The summed E-state index contributed by atoms with van der Waals surface area (Å²) in [5, 5.41) is 9.02. The van der Waals surface area contributed by atoms with Crippen LogP contribution in [0.1, 0.15) is 24.1 Å². The molecular formula is C11H16ClNOS. The van der Waals surface area contributed by atoms with Crippen molar-refractivity contribution in [3.63, 3.8) is 0 Å². The van der Waals surface area contributed by atoms with Gasteiger partial charge >= 0.3 is 0 Å². The lowest BCUT2D eigenvalue weighted by molar-refractivity contribution is 0.0955. The van der Waals surface area contributed by atoms with E-state index in [1.54, 1.807) is 11.3 Å². The number of thiophene rings is 1. The quantitative estimate of drug-likeness (QED) is 0.862. The van der Waals surface area contributed by atoms with E-state index in [0.717, 1.165) is 17.4 Å².